The normalized spacial score (nSPS) is 12.9. The summed E-state index contributed by atoms with van der Waals surface area (Å²) in [5, 5.41) is 0.909. The smallest absolute Gasteiger partial charge is 0.344 e. The number of halogens is 2. The Morgan fingerprint density at radius 2 is 1.44 bits per heavy atom. The molecule has 1 aliphatic heterocycles. The van der Waals surface area contributed by atoms with E-state index in [0.29, 0.717) is 16.7 Å². The lowest BCUT2D eigenvalue weighted by atomic mass is 9.91. The Hall–Kier alpha value is -2.62. The summed E-state index contributed by atoms with van der Waals surface area (Å²) in [5.41, 5.74) is 3.53. The number of hydrogen-bond acceptors (Lipinski definition) is 3. The van der Waals surface area contributed by atoms with Crippen LogP contribution in [0.25, 0.3) is 5.57 Å². The summed E-state index contributed by atoms with van der Waals surface area (Å²) in [6.07, 6.45) is 1.54. The molecule has 0 aliphatic carbocycles. The van der Waals surface area contributed by atoms with Crippen molar-refractivity contribution in [2.45, 2.75) is 0 Å². The highest BCUT2D eigenvalue weighted by Gasteiger charge is 2.27. The summed E-state index contributed by atoms with van der Waals surface area (Å²) in [6, 6.07) is 18.6. The van der Waals surface area contributed by atoms with Crippen LogP contribution in [-0.4, -0.2) is 7.05 Å². The summed E-state index contributed by atoms with van der Waals surface area (Å²) in [4.78, 5) is 1.91. The minimum absolute atomic E-state index is 0.364. The van der Waals surface area contributed by atoms with Gasteiger partial charge in [-0.1, -0.05) is 18.2 Å². The molecule has 4 rings (SSSR count). The van der Waals surface area contributed by atoms with Crippen LogP contribution in [0.4, 0.5) is 20.2 Å². The maximum atomic E-state index is 13.9. The highest BCUT2D eigenvalue weighted by molar-refractivity contribution is 8.06. The molecule has 6 heteroatoms. The maximum Gasteiger partial charge on any atom is 0.426 e. The Bertz CT molecular complexity index is 1010. The molecule has 3 aromatic carbocycles. The number of rotatable bonds is 3. The third-order valence-corrected chi connectivity index (χ3v) is 6.36. The van der Waals surface area contributed by atoms with Crippen LogP contribution in [0.3, 0.4) is 0 Å². The van der Waals surface area contributed by atoms with Crippen LogP contribution in [0.15, 0.2) is 73.0 Å². The van der Waals surface area contributed by atoms with Crippen molar-refractivity contribution in [1.29, 1.82) is 0 Å². The zero-order valence-electron chi connectivity index (χ0n) is 14.4. The molecule has 0 fully saturated rings. The second kappa shape index (κ2) is 7.18. The molecule has 0 radical (unpaired) electrons. The van der Waals surface area contributed by atoms with E-state index in [9.17, 15) is 8.78 Å². The Morgan fingerprint density at radius 3 is 2.00 bits per heavy atom. The fourth-order valence-corrected chi connectivity index (χ4v) is 4.38. The Morgan fingerprint density at radius 1 is 0.889 bits per heavy atom. The summed E-state index contributed by atoms with van der Waals surface area (Å²) in [6.45, 7) is -1.30. The van der Waals surface area contributed by atoms with E-state index in [-0.39, 0.29) is 11.6 Å². The van der Waals surface area contributed by atoms with Crippen molar-refractivity contribution in [3.05, 3.63) is 95.8 Å². The topological polar surface area (TPSA) is 12.5 Å². The molecule has 0 bridgehead atoms. The van der Waals surface area contributed by atoms with E-state index < -0.39 is 6.92 Å². The average molecular weight is 398 g/mol. The van der Waals surface area contributed by atoms with E-state index in [4.69, 9.17) is 16.3 Å². The molecule has 3 aromatic rings. The van der Waals surface area contributed by atoms with Crippen molar-refractivity contribution in [2.24, 2.45) is 0 Å². The van der Waals surface area contributed by atoms with Gasteiger partial charge in [0.2, 0.25) is 17.1 Å². The molecule has 1 aliphatic rings. The van der Waals surface area contributed by atoms with Crippen LogP contribution in [0.1, 0.15) is 11.1 Å². The molecule has 0 saturated carbocycles. The Balaban J connectivity index is 1.82. The van der Waals surface area contributed by atoms with Crippen molar-refractivity contribution < 1.29 is 13.3 Å². The molecule has 134 valence electrons. The molecule has 1 atom stereocenters. The molecule has 0 amide bonds. The van der Waals surface area contributed by atoms with Crippen LogP contribution in [0, 0.1) is 11.6 Å². The fourth-order valence-electron chi connectivity index (χ4n) is 3.15. The zero-order chi connectivity index (χ0) is 19.0. The van der Waals surface area contributed by atoms with E-state index in [1.165, 1.54) is 30.5 Å². The lowest BCUT2D eigenvalue weighted by molar-refractivity contribution is 0.558. The number of fused-ring (bicyclic) bond motifs is 2. The average Bonchev–Trinajstić information content (AvgIpc) is 2.68. The standard InChI is InChI=1S/C21H15F2NOPS/c1-24-20-9-7-14(22)11-17(20)19(18-12-15(23)8-10-21(18)24)13-25-26(27)16-5-3-2-4-6-16/h2-13H,1H3/q+1. The second-order valence-corrected chi connectivity index (χ2v) is 8.35. The fraction of sp³-hybridized carbons (Fsp3) is 0.0476. The molecular weight excluding hydrogens is 383 g/mol. The number of nitrogens with zero attached hydrogens (tertiary/aromatic N) is 1. The first kappa shape index (κ1) is 17.8. The monoisotopic (exact) mass is 398 g/mol. The van der Waals surface area contributed by atoms with E-state index in [0.717, 1.165) is 16.7 Å². The van der Waals surface area contributed by atoms with Gasteiger partial charge in [-0.2, -0.15) is 0 Å². The molecular formula is C21H15F2NOPS+. The van der Waals surface area contributed by atoms with Gasteiger partial charge in [-0.05, 0) is 48.5 Å². The van der Waals surface area contributed by atoms with Crippen LogP contribution in [0.2, 0.25) is 0 Å². The van der Waals surface area contributed by atoms with Crippen molar-refractivity contribution >= 4 is 41.0 Å². The van der Waals surface area contributed by atoms with Crippen molar-refractivity contribution in [3.8, 4) is 0 Å². The van der Waals surface area contributed by atoms with Gasteiger partial charge in [-0.15, -0.1) is 0 Å². The molecule has 0 N–H and O–H groups in total. The molecule has 1 unspecified atom stereocenters. The van der Waals surface area contributed by atoms with Gasteiger partial charge in [0.05, 0.1) is 0 Å². The highest BCUT2D eigenvalue weighted by Crippen LogP contribution is 2.45. The molecule has 27 heavy (non-hydrogen) atoms. The lowest BCUT2D eigenvalue weighted by Gasteiger charge is -2.31. The molecule has 1 heterocycles. The first-order valence-electron chi connectivity index (χ1n) is 8.27. The quantitative estimate of drug-likeness (QED) is 0.419. The van der Waals surface area contributed by atoms with E-state index in [2.05, 4.69) is 0 Å². The summed E-state index contributed by atoms with van der Waals surface area (Å²) >= 11 is 5.48. The van der Waals surface area contributed by atoms with Gasteiger partial charge in [0.25, 0.3) is 0 Å². The Kier molecular flexibility index (Phi) is 4.73. The minimum Gasteiger partial charge on any atom is -0.344 e. The van der Waals surface area contributed by atoms with Crippen LogP contribution < -0.4 is 10.2 Å². The minimum atomic E-state index is -1.30. The van der Waals surface area contributed by atoms with Gasteiger partial charge < -0.3 is 4.90 Å². The maximum absolute atomic E-state index is 13.9. The van der Waals surface area contributed by atoms with Gasteiger partial charge in [-0.25, -0.2) is 8.78 Å². The Labute approximate surface area is 162 Å². The zero-order valence-corrected chi connectivity index (χ0v) is 16.1. The van der Waals surface area contributed by atoms with Gasteiger partial charge in [-0.3, -0.25) is 4.52 Å². The third-order valence-electron chi connectivity index (χ3n) is 4.45. The van der Waals surface area contributed by atoms with Crippen LogP contribution in [-0.2, 0) is 16.3 Å². The van der Waals surface area contributed by atoms with Gasteiger partial charge in [0.15, 0.2) is 6.26 Å². The summed E-state index contributed by atoms with van der Waals surface area (Å²) in [7, 11) is 1.87. The van der Waals surface area contributed by atoms with E-state index in [1.54, 1.807) is 12.1 Å². The molecule has 2 nitrogen and oxygen atoms in total. The number of benzene rings is 3. The first-order valence-corrected chi connectivity index (χ1v) is 10.5. The SMILES string of the molecule is CN1c2ccc(F)cc2C(=CO[P+](=S)c2ccccc2)c2cc(F)ccc21. The van der Waals surface area contributed by atoms with Crippen LogP contribution >= 0.6 is 6.92 Å². The van der Waals surface area contributed by atoms with Gasteiger partial charge in [0, 0.05) is 35.1 Å². The van der Waals surface area contributed by atoms with Crippen molar-refractivity contribution in [1.82, 2.24) is 0 Å². The van der Waals surface area contributed by atoms with Gasteiger partial charge in [0.1, 0.15) is 11.6 Å². The predicted molar refractivity (Wildman–Crippen MR) is 109 cm³/mol. The first-order chi connectivity index (χ1) is 13.0. The largest absolute Gasteiger partial charge is 0.426 e. The molecule has 0 saturated heterocycles. The number of anilines is 2. The molecule has 0 spiro atoms. The van der Waals surface area contributed by atoms with Gasteiger partial charge >= 0.3 is 6.92 Å². The highest BCUT2D eigenvalue weighted by atomic mass is 32.4. The third kappa shape index (κ3) is 3.36. The van der Waals surface area contributed by atoms with Crippen molar-refractivity contribution in [2.75, 3.05) is 11.9 Å². The van der Waals surface area contributed by atoms with E-state index >= 15 is 0 Å². The lowest BCUT2D eigenvalue weighted by Crippen LogP contribution is -2.18. The van der Waals surface area contributed by atoms with Crippen molar-refractivity contribution in [3.63, 3.8) is 0 Å². The summed E-state index contributed by atoms with van der Waals surface area (Å²) in [5.74, 6) is -0.729. The van der Waals surface area contributed by atoms with Crippen LogP contribution in [0.5, 0.6) is 0 Å². The second-order valence-electron chi connectivity index (χ2n) is 6.11. The predicted octanol–water partition coefficient (Wildman–Crippen LogP) is 5.64. The number of hydrogen-bond donors (Lipinski definition) is 0. The van der Waals surface area contributed by atoms with E-state index in [1.807, 2.05) is 42.3 Å². The summed E-state index contributed by atoms with van der Waals surface area (Å²) < 4.78 is 33.7. The molecule has 0 aromatic heterocycles.